The smallest absolute Gasteiger partial charge is 0.407 e. The summed E-state index contributed by atoms with van der Waals surface area (Å²) >= 11 is 0. The van der Waals surface area contributed by atoms with E-state index in [4.69, 9.17) is 14.2 Å². The van der Waals surface area contributed by atoms with Crippen LogP contribution in [0.4, 0.5) is 9.18 Å². The highest BCUT2D eigenvalue weighted by atomic mass is 19.1. The number of hydrogen-bond acceptors (Lipinski definition) is 7. The zero-order chi connectivity index (χ0) is 40.6. The lowest BCUT2D eigenvalue weighted by molar-refractivity contribution is -0.150. The molecule has 9 heteroatoms. The zero-order valence-electron chi connectivity index (χ0n) is 35.4. The van der Waals surface area contributed by atoms with Gasteiger partial charge in [-0.3, -0.25) is 18.9 Å². The molecule has 1 heterocycles. The summed E-state index contributed by atoms with van der Waals surface area (Å²) in [5.41, 5.74) is 0. The number of carbonyl (C=O) groups is 3. The molecule has 0 spiro atoms. The van der Waals surface area contributed by atoms with Crippen molar-refractivity contribution in [2.24, 2.45) is 5.92 Å². The zero-order valence-corrected chi connectivity index (χ0v) is 35.4. The van der Waals surface area contributed by atoms with Crippen LogP contribution in [0, 0.1) is 5.92 Å². The number of alkyl carbamates (subject to hydrolysis) is 1. The van der Waals surface area contributed by atoms with Crippen LogP contribution in [-0.4, -0.2) is 75.1 Å². The van der Waals surface area contributed by atoms with E-state index < -0.39 is 12.0 Å². The van der Waals surface area contributed by atoms with Crippen LogP contribution in [0.15, 0.2) is 60.8 Å². The molecule has 1 saturated heterocycles. The van der Waals surface area contributed by atoms with Crippen molar-refractivity contribution in [1.29, 1.82) is 0 Å². The van der Waals surface area contributed by atoms with Gasteiger partial charge in [0.1, 0.15) is 19.8 Å². The number of nitrogens with zero attached hydrogens (tertiary/aromatic N) is 1. The Hall–Kier alpha value is -3.20. The van der Waals surface area contributed by atoms with Gasteiger partial charge in [0.2, 0.25) is 0 Å². The predicted octanol–water partition coefficient (Wildman–Crippen LogP) is 11.9. The number of ether oxygens (including phenoxy) is 3. The van der Waals surface area contributed by atoms with Gasteiger partial charge in [-0.05, 0) is 83.5 Å². The van der Waals surface area contributed by atoms with Gasteiger partial charge in [-0.25, -0.2) is 4.79 Å². The molecule has 1 aliphatic rings. The molecule has 0 aromatic rings. The molecule has 8 nitrogen and oxygen atoms in total. The third-order valence-electron chi connectivity index (χ3n) is 9.66. The topological polar surface area (TPSA) is 94.2 Å². The molecule has 1 aliphatic heterocycles. The highest BCUT2D eigenvalue weighted by Crippen LogP contribution is 2.13. The van der Waals surface area contributed by atoms with Crippen LogP contribution in [0.3, 0.4) is 0 Å². The predicted molar refractivity (Wildman–Crippen MR) is 229 cm³/mol. The monoisotopic (exact) mass is 787 g/mol. The normalized spacial score (nSPS) is 14.4. The lowest BCUT2D eigenvalue weighted by Gasteiger charge is -2.39. The van der Waals surface area contributed by atoms with E-state index in [-0.39, 0.29) is 44.5 Å². The molecule has 1 rings (SSSR count). The van der Waals surface area contributed by atoms with Crippen LogP contribution in [0.1, 0.15) is 162 Å². The Labute approximate surface area is 340 Å². The lowest BCUT2D eigenvalue weighted by atomic mass is 10.1. The molecule has 0 bridgehead atoms. The minimum absolute atomic E-state index is 0.0144. The Morgan fingerprint density at radius 3 is 1.54 bits per heavy atom. The molecule has 0 saturated carbocycles. The third-order valence-corrected chi connectivity index (χ3v) is 9.66. The van der Waals surface area contributed by atoms with E-state index in [0.29, 0.717) is 38.9 Å². The molecular formula is C47H79FN2O6. The number of alkyl halides is 1. The molecule has 0 aromatic carbocycles. The van der Waals surface area contributed by atoms with Crippen LogP contribution < -0.4 is 5.32 Å². The molecular weight excluding hydrogens is 708 g/mol. The molecule has 56 heavy (non-hydrogen) atoms. The number of esters is 2. The van der Waals surface area contributed by atoms with Crippen molar-refractivity contribution in [2.75, 3.05) is 46.1 Å². The minimum Gasteiger partial charge on any atom is -0.465 e. The maximum absolute atomic E-state index is 12.5. The van der Waals surface area contributed by atoms with Gasteiger partial charge in [0, 0.05) is 32.5 Å². The van der Waals surface area contributed by atoms with Gasteiger partial charge in [-0.15, -0.1) is 0 Å². The van der Waals surface area contributed by atoms with Gasteiger partial charge >= 0.3 is 18.0 Å². The van der Waals surface area contributed by atoms with Crippen LogP contribution in [0.2, 0.25) is 0 Å². The summed E-state index contributed by atoms with van der Waals surface area (Å²) < 4.78 is 28.9. The maximum Gasteiger partial charge on any atom is 0.407 e. The molecule has 1 amide bonds. The Morgan fingerprint density at radius 1 is 0.589 bits per heavy atom. The third kappa shape index (κ3) is 33.0. The van der Waals surface area contributed by atoms with Crippen molar-refractivity contribution in [3.05, 3.63) is 60.8 Å². The maximum atomic E-state index is 12.5. The van der Waals surface area contributed by atoms with Crippen molar-refractivity contribution in [3.8, 4) is 0 Å². The van der Waals surface area contributed by atoms with Crippen molar-refractivity contribution in [1.82, 2.24) is 10.2 Å². The fourth-order valence-corrected chi connectivity index (χ4v) is 6.21. The molecule has 0 radical (unpaired) electrons. The van der Waals surface area contributed by atoms with Crippen molar-refractivity contribution in [3.63, 3.8) is 0 Å². The van der Waals surface area contributed by atoms with E-state index >= 15 is 0 Å². The fourth-order valence-electron chi connectivity index (χ4n) is 6.21. The van der Waals surface area contributed by atoms with Crippen LogP contribution in [0.5, 0.6) is 0 Å². The molecule has 1 unspecified atom stereocenters. The number of nitrogens with one attached hydrogen (secondary N) is 1. The molecule has 1 atom stereocenters. The van der Waals surface area contributed by atoms with Gasteiger partial charge in [0.15, 0.2) is 0 Å². The van der Waals surface area contributed by atoms with Gasteiger partial charge < -0.3 is 19.5 Å². The standard InChI is InChI=1S/C47H79FN2O6/c1-3-5-7-9-11-13-15-17-19-21-23-25-27-29-31-34-45(51)54-40-43(42-56-47(53)49-44-38-50(39-44)37-33-36-48)41-55-46(52)35-32-30-28-26-24-22-20-18-16-14-12-10-8-6-4-2/h5,7,11-14,17-20,43-44H,3-4,6,8-10,15-16,21-42H2,1-2H3,(H,49,53)/b7-5-,13-11-,14-12-,19-17-,20-18-. The fraction of sp³-hybridized carbons (Fsp3) is 0.723. The quantitative estimate of drug-likeness (QED) is 0.0290. The lowest BCUT2D eigenvalue weighted by Crippen LogP contribution is -2.59. The van der Waals surface area contributed by atoms with Gasteiger partial charge in [0.25, 0.3) is 0 Å². The number of rotatable bonds is 37. The number of allylic oxidation sites excluding steroid dienone is 10. The largest absolute Gasteiger partial charge is 0.465 e. The van der Waals surface area contributed by atoms with Crippen molar-refractivity contribution in [2.45, 2.75) is 168 Å². The first-order chi connectivity index (χ1) is 27.5. The molecule has 320 valence electrons. The van der Waals surface area contributed by atoms with E-state index in [0.717, 1.165) is 103 Å². The Morgan fingerprint density at radius 2 is 1.04 bits per heavy atom. The summed E-state index contributed by atoms with van der Waals surface area (Å²) in [6, 6.07) is -0.0400. The van der Waals surface area contributed by atoms with E-state index in [2.05, 4.69) is 84.8 Å². The number of unbranched alkanes of at least 4 members (excludes halogenated alkanes) is 13. The first-order valence-electron chi connectivity index (χ1n) is 22.3. The second kappa shape index (κ2) is 38.7. The first kappa shape index (κ1) is 50.8. The Balaban J connectivity index is 2.28. The summed E-state index contributed by atoms with van der Waals surface area (Å²) in [5.74, 6) is -1.04. The molecule has 0 aliphatic carbocycles. The van der Waals surface area contributed by atoms with Crippen LogP contribution >= 0.6 is 0 Å². The number of amides is 1. The average molecular weight is 787 g/mol. The highest BCUT2D eigenvalue weighted by molar-refractivity contribution is 5.70. The number of hydrogen-bond donors (Lipinski definition) is 1. The van der Waals surface area contributed by atoms with Crippen molar-refractivity contribution >= 4 is 18.0 Å². The minimum atomic E-state index is -0.560. The molecule has 1 N–H and O–H groups in total. The second-order valence-corrected chi connectivity index (χ2v) is 15.1. The van der Waals surface area contributed by atoms with Gasteiger partial charge in [0.05, 0.1) is 18.6 Å². The Kier molecular flexibility index (Phi) is 35.1. The average Bonchev–Trinajstić information content (AvgIpc) is 3.18. The van der Waals surface area contributed by atoms with Gasteiger partial charge in [-0.1, -0.05) is 126 Å². The number of carbonyl (C=O) groups excluding carboxylic acids is 3. The first-order valence-corrected chi connectivity index (χ1v) is 22.3. The summed E-state index contributed by atoms with van der Waals surface area (Å²) in [4.78, 5) is 39.6. The number of halogens is 1. The van der Waals surface area contributed by atoms with Crippen LogP contribution in [-0.2, 0) is 23.8 Å². The summed E-state index contributed by atoms with van der Waals surface area (Å²) in [7, 11) is 0. The number of likely N-dealkylation sites (tertiary alicyclic amines) is 1. The summed E-state index contributed by atoms with van der Waals surface area (Å²) in [6.07, 6.45) is 44.4. The van der Waals surface area contributed by atoms with E-state index in [9.17, 15) is 18.8 Å². The SMILES string of the molecule is CC/C=C\C/C=C\C/C=C\CCCCCCCC(=O)OCC(COC(=O)CCCCCCC/C=C\C/C=C\CCCCC)COC(=O)NC1CN(CCCF)C1. The van der Waals surface area contributed by atoms with E-state index in [1.54, 1.807) is 0 Å². The van der Waals surface area contributed by atoms with Crippen LogP contribution in [0.25, 0.3) is 0 Å². The van der Waals surface area contributed by atoms with E-state index in [1.807, 2.05) is 0 Å². The summed E-state index contributed by atoms with van der Waals surface area (Å²) in [5, 5.41) is 2.82. The summed E-state index contributed by atoms with van der Waals surface area (Å²) in [6.45, 7) is 6.01. The molecule has 1 fully saturated rings. The van der Waals surface area contributed by atoms with Gasteiger partial charge in [-0.2, -0.15) is 0 Å². The van der Waals surface area contributed by atoms with E-state index in [1.165, 1.54) is 25.7 Å². The molecule has 0 aromatic heterocycles. The van der Waals surface area contributed by atoms with Crippen molar-refractivity contribution < 1.29 is 33.0 Å². The Bertz CT molecular complexity index is 1110. The second-order valence-electron chi connectivity index (χ2n) is 15.1. The highest BCUT2D eigenvalue weighted by Gasteiger charge is 2.28.